The molecular weight excluding hydrogens is 437 g/mol. The molecule has 0 spiro atoms. The largest absolute Gasteiger partial charge is 0.459 e. The topological polar surface area (TPSA) is 105 Å². The van der Waals surface area contributed by atoms with E-state index in [0.29, 0.717) is 11.3 Å². The van der Waals surface area contributed by atoms with Gasteiger partial charge in [0, 0.05) is 18.4 Å². The summed E-state index contributed by atoms with van der Waals surface area (Å²) in [5.74, 6) is -1.13. The van der Waals surface area contributed by atoms with Gasteiger partial charge >= 0.3 is 12.0 Å². The summed E-state index contributed by atoms with van der Waals surface area (Å²) >= 11 is 0. The smallest absolute Gasteiger partial charge is 0.338 e. The van der Waals surface area contributed by atoms with Gasteiger partial charge in [-0.25, -0.2) is 22.4 Å². The molecule has 2 aromatic carbocycles. The van der Waals surface area contributed by atoms with Crippen molar-refractivity contribution in [3.8, 4) is 0 Å². The molecule has 8 nitrogen and oxygen atoms in total. The number of benzene rings is 2. The quantitative estimate of drug-likeness (QED) is 0.640. The number of urea groups is 1. The highest BCUT2D eigenvalue weighted by Gasteiger charge is 2.35. The Bertz CT molecular complexity index is 1180. The molecule has 2 N–H and O–H groups in total. The number of allylic oxidation sites excluding steroid dienone is 1. The van der Waals surface area contributed by atoms with Crippen molar-refractivity contribution in [2.45, 2.75) is 37.8 Å². The Morgan fingerprint density at radius 2 is 1.84 bits per heavy atom. The molecule has 0 bridgehead atoms. The molecule has 1 aliphatic heterocycles. The normalized spacial score (nSPS) is 16.8. The molecular formula is C22H24FN3O5S. The second-order valence-electron chi connectivity index (χ2n) is 7.58. The molecule has 1 heterocycles. The van der Waals surface area contributed by atoms with Gasteiger partial charge in [-0.15, -0.1) is 0 Å². The predicted octanol–water partition coefficient (Wildman–Crippen LogP) is 3.55. The van der Waals surface area contributed by atoms with E-state index in [2.05, 4.69) is 10.0 Å². The first-order valence-electron chi connectivity index (χ1n) is 9.84. The van der Waals surface area contributed by atoms with Crippen molar-refractivity contribution >= 4 is 27.7 Å². The lowest BCUT2D eigenvalue weighted by Gasteiger charge is -2.33. The van der Waals surface area contributed by atoms with E-state index in [1.807, 2.05) is 0 Å². The maximum Gasteiger partial charge on any atom is 0.338 e. The average Bonchev–Trinajstić information content (AvgIpc) is 2.71. The van der Waals surface area contributed by atoms with Crippen LogP contribution in [-0.4, -0.2) is 38.5 Å². The molecule has 0 radical (unpaired) electrons. The average molecular weight is 462 g/mol. The Morgan fingerprint density at radius 3 is 2.47 bits per heavy atom. The molecule has 3 rings (SSSR count). The lowest BCUT2D eigenvalue weighted by Crippen LogP contribution is -2.46. The predicted molar refractivity (Wildman–Crippen MR) is 117 cm³/mol. The summed E-state index contributed by atoms with van der Waals surface area (Å²) in [6.45, 7) is 5.08. The summed E-state index contributed by atoms with van der Waals surface area (Å²) in [5, 5.41) is 2.75. The number of amides is 2. The fourth-order valence-corrected chi connectivity index (χ4v) is 4.29. The minimum atomic E-state index is -3.97. The lowest BCUT2D eigenvalue weighted by molar-refractivity contribution is -0.143. The van der Waals surface area contributed by atoms with Crippen LogP contribution in [-0.2, 0) is 19.6 Å². The number of carbonyl (C=O) groups excluding carboxylic acids is 2. The van der Waals surface area contributed by atoms with Gasteiger partial charge < -0.3 is 15.0 Å². The van der Waals surface area contributed by atoms with E-state index in [1.54, 1.807) is 32.9 Å². The number of nitrogens with one attached hydrogen (secondary N) is 2. The highest BCUT2D eigenvalue weighted by Crippen LogP contribution is 2.32. The Hall–Kier alpha value is -3.40. The molecule has 170 valence electrons. The first-order chi connectivity index (χ1) is 15.0. The van der Waals surface area contributed by atoms with E-state index in [1.165, 1.54) is 24.1 Å². The summed E-state index contributed by atoms with van der Waals surface area (Å²) < 4.78 is 46.2. The molecule has 0 aliphatic carbocycles. The molecule has 2 amide bonds. The van der Waals surface area contributed by atoms with E-state index in [4.69, 9.17) is 4.74 Å². The molecule has 0 aromatic heterocycles. The summed E-state index contributed by atoms with van der Waals surface area (Å²) in [6, 6.07) is 9.50. The second kappa shape index (κ2) is 8.99. The number of ether oxygens (including phenoxy) is 1. The van der Waals surface area contributed by atoms with Crippen LogP contribution in [0.2, 0.25) is 0 Å². The first-order valence-corrected chi connectivity index (χ1v) is 11.3. The fourth-order valence-electron chi connectivity index (χ4n) is 3.24. The highest BCUT2D eigenvalue weighted by atomic mass is 32.2. The standard InChI is InChI=1S/C22H24FN3O5S/c1-13(2)31-21(27)19-14(3)26(4)22(28)24-20(19)15-6-5-7-17(12-15)25-32(29,30)18-10-8-16(23)9-11-18/h5-13,20,25H,1-4H3,(H,24,28)/t20-/m0/s1. The van der Waals surface area contributed by atoms with Gasteiger partial charge in [0.2, 0.25) is 0 Å². The molecule has 2 aromatic rings. The third kappa shape index (κ3) is 4.91. The summed E-state index contributed by atoms with van der Waals surface area (Å²) in [6.07, 6.45) is -0.361. The minimum absolute atomic E-state index is 0.103. The summed E-state index contributed by atoms with van der Waals surface area (Å²) in [4.78, 5) is 26.4. The van der Waals surface area contributed by atoms with Gasteiger partial charge in [-0.05, 0) is 62.7 Å². The van der Waals surface area contributed by atoms with Crippen molar-refractivity contribution in [2.75, 3.05) is 11.8 Å². The number of esters is 1. The molecule has 10 heteroatoms. The minimum Gasteiger partial charge on any atom is -0.459 e. The number of rotatable bonds is 6. The number of sulfonamides is 1. The maximum atomic E-state index is 13.1. The van der Waals surface area contributed by atoms with Crippen LogP contribution in [0, 0.1) is 5.82 Å². The van der Waals surface area contributed by atoms with Crippen LogP contribution >= 0.6 is 0 Å². The first kappa shape index (κ1) is 23.3. The van der Waals surface area contributed by atoms with Crippen LogP contribution in [0.1, 0.15) is 32.4 Å². The third-order valence-electron chi connectivity index (χ3n) is 4.91. The number of anilines is 1. The van der Waals surface area contributed by atoms with Gasteiger partial charge in [-0.2, -0.15) is 0 Å². The van der Waals surface area contributed by atoms with E-state index >= 15 is 0 Å². The van der Waals surface area contributed by atoms with Crippen LogP contribution in [0.25, 0.3) is 0 Å². The molecule has 1 aliphatic rings. The summed E-state index contributed by atoms with van der Waals surface area (Å²) in [5.41, 5.74) is 1.39. The SMILES string of the molecule is CC1=C(C(=O)OC(C)C)[C@H](c2cccc(NS(=O)(=O)c3ccc(F)cc3)c2)NC(=O)N1C. The zero-order valence-corrected chi connectivity index (χ0v) is 18.9. The van der Waals surface area contributed by atoms with Gasteiger partial charge in [0.05, 0.1) is 22.6 Å². The van der Waals surface area contributed by atoms with Crippen LogP contribution in [0.3, 0.4) is 0 Å². The Morgan fingerprint density at radius 1 is 1.19 bits per heavy atom. The maximum absolute atomic E-state index is 13.1. The third-order valence-corrected chi connectivity index (χ3v) is 6.31. The van der Waals surface area contributed by atoms with Crippen molar-refractivity contribution in [2.24, 2.45) is 0 Å². The van der Waals surface area contributed by atoms with Gasteiger partial charge in [0.15, 0.2) is 0 Å². The van der Waals surface area contributed by atoms with Crippen LogP contribution in [0.5, 0.6) is 0 Å². The van der Waals surface area contributed by atoms with Gasteiger partial charge in [0.1, 0.15) is 5.82 Å². The van der Waals surface area contributed by atoms with E-state index in [0.717, 1.165) is 24.3 Å². The number of carbonyl (C=O) groups is 2. The van der Waals surface area contributed by atoms with E-state index in [-0.39, 0.29) is 22.3 Å². The van der Waals surface area contributed by atoms with Crippen LogP contribution in [0.4, 0.5) is 14.9 Å². The van der Waals surface area contributed by atoms with E-state index in [9.17, 15) is 22.4 Å². The van der Waals surface area contributed by atoms with Crippen molar-refractivity contribution < 1.29 is 27.1 Å². The molecule has 32 heavy (non-hydrogen) atoms. The second-order valence-corrected chi connectivity index (χ2v) is 9.26. The van der Waals surface area contributed by atoms with E-state index < -0.39 is 33.9 Å². The molecule has 0 saturated carbocycles. The van der Waals surface area contributed by atoms with Crippen molar-refractivity contribution in [3.63, 3.8) is 0 Å². The van der Waals surface area contributed by atoms with Crippen molar-refractivity contribution in [1.29, 1.82) is 0 Å². The van der Waals surface area contributed by atoms with Crippen molar-refractivity contribution in [1.82, 2.24) is 10.2 Å². The Labute approximate surface area is 186 Å². The summed E-state index contributed by atoms with van der Waals surface area (Å²) in [7, 11) is -2.43. The van der Waals surface area contributed by atoms with Crippen LogP contribution < -0.4 is 10.0 Å². The Balaban J connectivity index is 1.97. The fraction of sp³-hybridized carbons (Fsp3) is 0.273. The molecule has 0 unspecified atom stereocenters. The van der Waals surface area contributed by atoms with Gasteiger partial charge in [-0.1, -0.05) is 12.1 Å². The monoisotopic (exact) mass is 461 g/mol. The molecule has 0 saturated heterocycles. The lowest BCUT2D eigenvalue weighted by atomic mass is 9.94. The highest BCUT2D eigenvalue weighted by molar-refractivity contribution is 7.92. The van der Waals surface area contributed by atoms with Gasteiger partial charge in [0.25, 0.3) is 10.0 Å². The van der Waals surface area contributed by atoms with Gasteiger partial charge in [-0.3, -0.25) is 4.72 Å². The molecule has 0 fully saturated rings. The number of hydrogen-bond donors (Lipinski definition) is 2. The number of nitrogens with zero attached hydrogens (tertiary/aromatic N) is 1. The number of hydrogen-bond acceptors (Lipinski definition) is 5. The molecule has 1 atom stereocenters. The zero-order valence-electron chi connectivity index (χ0n) is 18.0. The Kier molecular flexibility index (Phi) is 6.54. The number of halogens is 1. The van der Waals surface area contributed by atoms with Crippen LogP contribution in [0.15, 0.2) is 64.7 Å². The zero-order chi connectivity index (χ0) is 23.6. The van der Waals surface area contributed by atoms with Crippen molar-refractivity contribution in [3.05, 3.63) is 71.2 Å².